The van der Waals surface area contributed by atoms with Gasteiger partial charge in [0.25, 0.3) is 0 Å². The van der Waals surface area contributed by atoms with E-state index in [4.69, 9.17) is 5.11 Å². The summed E-state index contributed by atoms with van der Waals surface area (Å²) >= 11 is 0. The highest BCUT2D eigenvalue weighted by molar-refractivity contribution is 5.89. The van der Waals surface area contributed by atoms with Crippen LogP contribution in [-0.4, -0.2) is 20.6 Å². The maximum Gasteiger partial charge on any atom is 0.418 e. The summed E-state index contributed by atoms with van der Waals surface area (Å²) in [5.74, 6) is -1.58. The average molecular weight is 284 g/mol. The lowest BCUT2D eigenvalue weighted by atomic mass is 10.2. The molecule has 0 aliphatic rings. The number of aromatic nitrogens is 2. The lowest BCUT2D eigenvalue weighted by Gasteiger charge is -2.04. The molecule has 2 aromatic heterocycles. The smallest absolute Gasteiger partial charge is 0.418 e. The third-order valence-corrected chi connectivity index (χ3v) is 2.82. The van der Waals surface area contributed by atoms with Crippen molar-refractivity contribution in [3.63, 3.8) is 0 Å². The Labute approximate surface area is 112 Å². The largest absolute Gasteiger partial charge is 0.478 e. The minimum absolute atomic E-state index is 0.264. The second-order valence-corrected chi connectivity index (χ2v) is 4.23. The van der Waals surface area contributed by atoms with E-state index in [-0.39, 0.29) is 6.54 Å². The highest BCUT2D eigenvalue weighted by atomic mass is 19.4. The third-order valence-electron chi connectivity index (χ3n) is 2.82. The standard InChI is InChI=1S/C13H11F3N2O2/c14-13(15,16)11-8-18(7-10(11)12(19)20)6-3-9-1-4-17-5-2-9/h1-2,4-5,7-8H,3,6H2,(H,19,20). The fourth-order valence-electron chi connectivity index (χ4n) is 1.84. The topological polar surface area (TPSA) is 55.1 Å². The summed E-state index contributed by atoms with van der Waals surface area (Å²) in [7, 11) is 0. The summed E-state index contributed by atoms with van der Waals surface area (Å²) in [5.41, 5.74) is -0.939. The van der Waals surface area contributed by atoms with Crippen LogP contribution >= 0.6 is 0 Å². The number of pyridine rings is 1. The van der Waals surface area contributed by atoms with E-state index in [2.05, 4.69) is 4.98 Å². The number of aromatic carboxylic acids is 1. The number of alkyl halides is 3. The minimum atomic E-state index is -4.67. The molecule has 0 unspecified atom stereocenters. The summed E-state index contributed by atoms with van der Waals surface area (Å²) in [6, 6.07) is 3.51. The Bertz CT molecular complexity index is 606. The fraction of sp³-hybridized carbons (Fsp3) is 0.231. The van der Waals surface area contributed by atoms with Crippen molar-refractivity contribution >= 4 is 5.97 Å². The summed E-state index contributed by atoms with van der Waals surface area (Å²) in [6.07, 6.45) is 0.837. The van der Waals surface area contributed by atoms with Gasteiger partial charge in [0.2, 0.25) is 0 Å². The maximum absolute atomic E-state index is 12.7. The first-order valence-electron chi connectivity index (χ1n) is 5.77. The predicted molar refractivity (Wildman–Crippen MR) is 64.3 cm³/mol. The van der Waals surface area contributed by atoms with Crippen LogP contribution in [0.25, 0.3) is 0 Å². The average Bonchev–Trinajstić information content (AvgIpc) is 2.82. The molecule has 0 aliphatic heterocycles. The zero-order valence-electron chi connectivity index (χ0n) is 10.3. The van der Waals surface area contributed by atoms with Crippen molar-refractivity contribution in [1.29, 1.82) is 0 Å². The van der Waals surface area contributed by atoms with Crippen LogP contribution < -0.4 is 0 Å². The molecular weight excluding hydrogens is 273 g/mol. The Kier molecular flexibility index (Phi) is 3.78. The quantitative estimate of drug-likeness (QED) is 0.939. The number of carboxylic acid groups (broad SMARTS) is 1. The molecule has 20 heavy (non-hydrogen) atoms. The Morgan fingerprint density at radius 1 is 1.25 bits per heavy atom. The summed E-state index contributed by atoms with van der Waals surface area (Å²) in [6.45, 7) is 0.264. The molecule has 0 bridgehead atoms. The molecule has 4 nitrogen and oxygen atoms in total. The van der Waals surface area contributed by atoms with Gasteiger partial charge in [0, 0.05) is 31.3 Å². The minimum Gasteiger partial charge on any atom is -0.478 e. The predicted octanol–water partition coefficient (Wildman–Crippen LogP) is 2.84. The molecule has 0 fully saturated rings. The number of carbonyl (C=O) groups is 1. The van der Waals surface area contributed by atoms with Gasteiger partial charge in [-0.15, -0.1) is 0 Å². The van der Waals surface area contributed by atoms with E-state index in [0.29, 0.717) is 6.42 Å². The van der Waals surface area contributed by atoms with Gasteiger partial charge < -0.3 is 9.67 Å². The van der Waals surface area contributed by atoms with Crippen molar-refractivity contribution in [1.82, 2.24) is 9.55 Å². The van der Waals surface area contributed by atoms with Crippen LogP contribution in [0.3, 0.4) is 0 Å². The third kappa shape index (κ3) is 3.17. The zero-order chi connectivity index (χ0) is 14.8. The number of nitrogens with zero attached hydrogens (tertiary/aromatic N) is 2. The van der Waals surface area contributed by atoms with Crippen LogP contribution in [0.1, 0.15) is 21.5 Å². The number of carboxylic acids is 1. The molecular formula is C13H11F3N2O2. The van der Waals surface area contributed by atoms with Crippen molar-refractivity contribution in [2.24, 2.45) is 0 Å². The van der Waals surface area contributed by atoms with Gasteiger partial charge in [-0.25, -0.2) is 4.79 Å². The molecule has 0 spiro atoms. The highest BCUT2D eigenvalue weighted by Crippen LogP contribution is 2.32. The van der Waals surface area contributed by atoms with Crippen LogP contribution in [0, 0.1) is 0 Å². The van der Waals surface area contributed by atoms with Crippen molar-refractivity contribution in [2.75, 3.05) is 0 Å². The normalized spacial score (nSPS) is 11.6. The number of hydrogen-bond donors (Lipinski definition) is 1. The van der Waals surface area contributed by atoms with Crippen molar-refractivity contribution in [3.05, 3.63) is 53.6 Å². The molecule has 0 aliphatic carbocycles. The summed E-state index contributed by atoms with van der Waals surface area (Å²) in [5, 5.41) is 8.81. The Morgan fingerprint density at radius 2 is 1.90 bits per heavy atom. The van der Waals surface area contributed by atoms with Crippen LogP contribution in [0.15, 0.2) is 36.9 Å². The molecule has 0 saturated carbocycles. The van der Waals surface area contributed by atoms with Gasteiger partial charge in [-0.2, -0.15) is 13.2 Å². The van der Waals surface area contributed by atoms with Gasteiger partial charge in [-0.1, -0.05) is 0 Å². The number of aryl methyl sites for hydroxylation is 2. The van der Waals surface area contributed by atoms with Gasteiger partial charge >= 0.3 is 12.1 Å². The Hall–Kier alpha value is -2.31. The summed E-state index contributed by atoms with van der Waals surface area (Å²) < 4.78 is 39.3. The molecule has 2 heterocycles. The first-order chi connectivity index (χ1) is 9.38. The van der Waals surface area contributed by atoms with E-state index >= 15 is 0 Å². The molecule has 1 N–H and O–H groups in total. The first kappa shape index (κ1) is 14.1. The van der Waals surface area contributed by atoms with E-state index in [0.717, 1.165) is 18.0 Å². The van der Waals surface area contributed by atoms with E-state index in [9.17, 15) is 18.0 Å². The van der Waals surface area contributed by atoms with E-state index in [1.165, 1.54) is 4.57 Å². The van der Waals surface area contributed by atoms with Crippen LogP contribution in [0.4, 0.5) is 13.2 Å². The van der Waals surface area contributed by atoms with E-state index in [1.807, 2.05) is 0 Å². The zero-order valence-corrected chi connectivity index (χ0v) is 10.3. The van der Waals surface area contributed by atoms with Gasteiger partial charge in [-0.05, 0) is 24.1 Å². The van der Waals surface area contributed by atoms with Gasteiger partial charge in [0.05, 0.1) is 11.1 Å². The highest BCUT2D eigenvalue weighted by Gasteiger charge is 2.36. The summed E-state index contributed by atoms with van der Waals surface area (Å²) in [4.78, 5) is 14.7. The SMILES string of the molecule is O=C(O)c1cn(CCc2ccncc2)cc1C(F)(F)F. The Balaban J connectivity index is 2.19. The van der Waals surface area contributed by atoms with E-state index < -0.39 is 23.3 Å². The van der Waals surface area contributed by atoms with Crippen LogP contribution in [0.5, 0.6) is 0 Å². The molecule has 7 heteroatoms. The molecule has 0 aromatic carbocycles. The second kappa shape index (κ2) is 5.36. The maximum atomic E-state index is 12.7. The second-order valence-electron chi connectivity index (χ2n) is 4.23. The lowest BCUT2D eigenvalue weighted by molar-refractivity contribution is -0.138. The molecule has 0 saturated heterocycles. The van der Waals surface area contributed by atoms with Crippen molar-refractivity contribution in [2.45, 2.75) is 19.1 Å². The molecule has 106 valence electrons. The number of halogens is 3. The number of hydrogen-bond acceptors (Lipinski definition) is 2. The molecule has 0 atom stereocenters. The lowest BCUT2D eigenvalue weighted by Crippen LogP contribution is -2.09. The van der Waals surface area contributed by atoms with Crippen molar-refractivity contribution < 1.29 is 23.1 Å². The van der Waals surface area contributed by atoms with Crippen LogP contribution in [0.2, 0.25) is 0 Å². The Morgan fingerprint density at radius 3 is 2.40 bits per heavy atom. The van der Waals surface area contributed by atoms with Gasteiger partial charge in [-0.3, -0.25) is 4.98 Å². The molecule has 0 amide bonds. The van der Waals surface area contributed by atoms with Crippen LogP contribution in [-0.2, 0) is 19.1 Å². The molecule has 2 aromatic rings. The van der Waals surface area contributed by atoms with Crippen molar-refractivity contribution in [3.8, 4) is 0 Å². The van der Waals surface area contributed by atoms with Gasteiger partial charge in [0.15, 0.2) is 0 Å². The number of rotatable bonds is 4. The van der Waals surface area contributed by atoms with Gasteiger partial charge in [0.1, 0.15) is 0 Å². The first-order valence-corrected chi connectivity index (χ1v) is 5.77. The van der Waals surface area contributed by atoms with E-state index in [1.54, 1.807) is 24.5 Å². The molecule has 0 radical (unpaired) electrons. The monoisotopic (exact) mass is 284 g/mol. The molecule has 2 rings (SSSR count). The fourth-order valence-corrected chi connectivity index (χ4v) is 1.84.